The molecule has 0 saturated carbocycles. The van der Waals surface area contributed by atoms with Crippen LogP contribution in [0.2, 0.25) is 0 Å². The van der Waals surface area contributed by atoms with Crippen molar-refractivity contribution in [3.63, 3.8) is 0 Å². The van der Waals surface area contributed by atoms with E-state index in [9.17, 15) is 9.59 Å². The van der Waals surface area contributed by atoms with E-state index >= 15 is 0 Å². The largest absolute Gasteiger partial charge is 0.396 e. The third-order valence-electron chi connectivity index (χ3n) is 6.32. The van der Waals surface area contributed by atoms with Crippen molar-refractivity contribution < 1.29 is 14.7 Å². The standard InChI is InChI=1S/C20H32N4O3/c1-16(24-12-8-21-17(24)2)14-19(27)22-10-6-20(7-11-22)5-4-18(26)23(15-20)9-3-13-25/h8,12,16,25H,3-7,9-11,13-15H2,1-2H3/t16-/m1/s1. The fourth-order valence-electron chi connectivity index (χ4n) is 4.54. The summed E-state index contributed by atoms with van der Waals surface area (Å²) >= 11 is 0. The summed E-state index contributed by atoms with van der Waals surface area (Å²) < 4.78 is 2.05. The quantitative estimate of drug-likeness (QED) is 0.820. The third kappa shape index (κ3) is 4.51. The first kappa shape index (κ1) is 19.9. The molecule has 0 aliphatic carbocycles. The Morgan fingerprint density at radius 2 is 2.07 bits per heavy atom. The van der Waals surface area contributed by atoms with Crippen molar-refractivity contribution in [2.75, 3.05) is 32.8 Å². The molecule has 2 saturated heterocycles. The molecule has 2 amide bonds. The van der Waals surface area contributed by atoms with Crippen LogP contribution in [0.3, 0.4) is 0 Å². The molecule has 1 aromatic heterocycles. The average molecular weight is 377 g/mol. The fraction of sp³-hybridized carbons (Fsp3) is 0.750. The number of nitrogens with zero attached hydrogens (tertiary/aromatic N) is 4. The number of imidazole rings is 1. The summed E-state index contributed by atoms with van der Waals surface area (Å²) in [5, 5.41) is 9.05. The van der Waals surface area contributed by atoms with E-state index in [2.05, 4.69) is 16.5 Å². The number of rotatable bonds is 6. The molecule has 7 nitrogen and oxygen atoms in total. The highest BCUT2D eigenvalue weighted by Gasteiger charge is 2.41. The highest BCUT2D eigenvalue weighted by atomic mass is 16.3. The van der Waals surface area contributed by atoms with Crippen LogP contribution >= 0.6 is 0 Å². The molecule has 1 atom stereocenters. The zero-order chi connectivity index (χ0) is 19.4. The number of hydrogen-bond acceptors (Lipinski definition) is 4. The molecule has 1 spiro atoms. The lowest BCUT2D eigenvalue weighted by Crippen LogP contribution is -2.52. The molecular formula is C20H32N4O3. The predicted octanol–water partition coefficient (Wildman–Crippen LogP) is 1.76. The number of likely N-dealkylation sites (tertiary alicyclic amines) is 2. The number of aliphatic hydroxyl groups is 1. The monoisotopic (exact) mass is 376 g/mol. The van der Waals surface area contributed by atoms with Gasteiger partial charge >= 0.3 is 0 Å². The van der Waals surface area contributed by atoms with Crippen LogP contribution in [0.15, 0.2) is 12.4 Å². The number of amides is 2. The van der Waals surface area contributed by atoms with Gasteiger partial charge in [0.25, 0.3) is 0 Å². The van der Waals surface area contributed by atoms with Crippen LogP contribution in [0.25, 0.3) is 0 Å². The normalized spacial score (nSPS) is 20.9. The van der Waals surface area contributed by atoms with Crippen LogP contribution in [-0.2, 0) is 9.59 Å². The lowest BCUT2D eigenvalue weighted by atomic mass is 9.72. The zero-order valence-electron chi connectivity index (χ0n) is 16.6. The molecular weight excluding hydrogens is 344 g/mol. The Morgan fingerprint density at radius 1 is 1.33 bits per heavy atom. The summed E-state index contributed by atoms with van der Waals surface area (Å²) in [6, 6.07) is 0.108. The minimum atomic E-state index is 0.108. The summed E-state index contributed by atoms with van der Waals surface area (Å²) in [4.78, 5) is 33.0. The number of hydrogen-bond donors (Lipinski definition) is 1. The molecule has 0 radical (unpaired) electrons. The molecule has 2 fully saturated rings. The molecule has 27 heavy (non-hydrogen) atoms. The number of piperidine rings is 2. The maximum atomic E-state index is 12.7. The van der Waals surface area contributed by atoms with Crippen LogP contribution in [0.5, 0.6) is 0 Å². The van der Waals surface area contributed by atoms with Gasteiger partial charge in [0.1, 0.15) is 5.82 Å². The van der Waals surface area contributed by atoms with Crippen molar-refractivity contribution in [2.24, 2.45) is 5.41 Å². The predicted molar refractivity (Wildman–Crippen MR) is 102 cm³/mol. The van der Waals surface area contributed by atoms with Gasteiger partial charge in [-0.15, -0.1) is 0 Å². The van der Waals surface area contributed by atoms with E-state index in [1.165, 1.54) is 0 Å². The Bertz CT molecular complexity index is 664. The van der Waals surface area contributed by atoms with Gasteiger partial charge in [-0.05, 0) is 44.9 Å². The molecule has 1 aromatic rings. The highest BCUT2D eigenvalue weighted by molar-refractivity contribution is 5.78. The number of aliphatic hydroxyl groups excluding tert-OH is 1. The first-order valence-corrected chi connectivity index (χ1v) is 10.1. The second-order valence-corrected chi connectivity index (χ2v) is 8.21. The van der Waals surface area contributed by atoms with E-state index in [0.29, 0.717) is 25.8 Å². The van der Waals surface area contributed by atoms with Crippen LogP contribution in [-0.4, -0.2) is 69.1 Å². The van der Waals surface area contributed by atoms with Crippen molar-refractivity contribution in [3.8, 4) is 0 Å². The molecule has 1 N–H and O–H groups in total. The van der Waals surface area contributed by atoms with Gasteiger partial charge in [-0.25, -0.2) is 4.98 Å². The highest BCUT2D eigenvalue weighted by Crippen LogP contribution is 2.40. The maximum Gasteiger partial charge on any atom is 0.224 e. The molecule has 3 heterocycles. The van der Waals surface area contributed by atoms with Crippen LogP contribution in [0.4, 0.5) is 0 Å². The van der Waals surface area contributed by atoms with E-state index in [0.717, 1.165) is 44.7 Å². The van der Waals surface area contributed by atoms with E-state index in [1.54, 1.807) is 6.20 Å². The first-order chi connectivity index (χ1) is 12.9. The number of aromatic nitrogens is 2. The Labute approximate surface area is 161 Å². The lowest BCUT2D eigenvalue weighted by molar-refractivity contribution is -0.142. The Kier molecular flexibility index (Phi) is 6.19. The van der Waals surface area contributed by atoms with Gasteiger partial charge in [-0.3, -0.25) is 9.59 Å². The van der Waals surface area contributed by atoms with E-state index in [4.69, 9.17) is 5.11 Å². The van der Waals surface area contributed by atoms with E-state index in [1.807, 2.05) is 22.9 Å². The minimum absolute atomic E-state index is 0.108. The molecule has 0 aromatic carbocycles. The van der Waals surface area contributed by atoms with Crippen molar-refractivity contribution in [1.82, 2.24) is 19.4 Å². The van der Waals surface area contributed by atoms with Crippen molar-refractivity contribution in [1.29, 1.82) is 0 Å². The zero-order valence-corrected chi connectivity index (χ0v) is 16.6. The van der Waals surface area contributed by atoms with Crippen LogP contribution < -0.4 is 0 Å². The summed E-state index contributed by atoms with van der Waals surface area (Å²) in [6.07, 6.45) is 8.26. The van der Waals surface area contributed by atoms with Crippen molar-refractivity contribution in [2.45, 2.75) is 58.4 Å². The van der Waals surface area contributed by atoms with Crippen LogP contribution in [0.1, 0.15) is 57.3 Å². The topological polar surface area (TPSA) is 78.7 Å². The smallest absolute Gasteiger partial charge is 0.224 e. The molecule has 2 aliphatic heterocycles. The molecule has 7 heteroatoms. The second-order valence-electron chi connectivity index (χ2n) is 8.21. The average Bonchev–Trinajstić information content (AvgIpc) is 3.09. The van der Waals surface area contributed by atoms with Gasteiger partial charge in [0.05, 0.1) is 0 Å². The Morgan fingerprint density at radius 3 is 2.70 bits per heavy atom. The summed E-state index contributed by atoms with van der Waals surface area (Å²) in [7, 11) is 0. The Hall–Kier alpha value is -1.89. The SMILES string of the molecule is Cc1nccn1[C@H](C)CC(=O)N1CCC2(CCC(=O)N(CCCO)C2)CC1. The van der Waals surface area contributed by atoms with Gasteiger partial charge in [-0.1, -0.05) is 0 Å². The van der Waals surface area contributed by atoms with Crippen molar-refractivity contribution >= 4 is 11.8 Å². The van der Waals surface area contributed by atoms with Crippen LogP contribution in [0, 0.1) is 12.3 Å². The molecule has 150 valence electrons. The number of carbonyl (C=O) groups is 2. The lowest BCUT2D eigenvalue weighted by Gasteiger charge is -2.47. The molecule has 3 rings (SSSR count). The summed E-state index contributed by atoms with van der Waals surface area (Å²) in [5.41, 5.74) is 0.146. The molecule has 2 aliphatic rings. The third-order valence-corrected chi connectivity index (χ3v) is 6.32. The first-order valence-electron chi connectivity index (χ1n) is 10.1. The second kappa shape index (κ2) is 8.42. The fourth-order valence-corrected chi connectivity index (χ4v) is 4.54. The maximum absolute atomic E-state index is 12.7. The van der Waals surface area contributed by atoms with E-state index in [-0.39, 0.29) is 29.9 Å². The van der Waals surface area contributed by atoms with Gasteiger partial charge in [0, 0.05) is 64.1 Å². The van der Waals surface area contributed by atoms with Gasteiger partial charge in [-0.2, -0.15) is 0 Å². The van der Waals surface area contributed by atoms with Gasteiger partial charge in [0.15, 0.2) is 0 Å². The van der Waals surface area contributed by atoms with Gasteiger partial charge in [0.2, 0.25) is 11.8 Å². The molecule has 0 bridgehead atoms. The Balaban J connectivity index is 1.52. The van der Waals surface area contributed by atoms with Gasteiger partial charge < -0.3 is 19.5 Å². The summed E-state index contributed by atoms with van der Waals surface area (Å²) in [5.74, 6) is 1.34. The number of carbonyl (C=O) groups excluding carboxylic acids is 2. The summed E-state index contributed by atoms with van der Waals surface area (Å²) in [6.45, 7) is 7.10. The van der Waals surface area contributed by atoms with E-state index < -0.39 is 0 Å². The molecule has 0 unspecified atom stereocenters. The van der Waals surface area contributed by atoms with Crippen molar-refractivity contribution in [3.05, 3.63) is 18.2 Å². The number of aryl methyl sites for hydroxylation is 1. The minimum Gasteiger partial charge on any atom is -0.396 e.